The van der Waals surface area contributed by atoms with Gasteiger partial charge in [0.15, 0.2) is 5.69 Å². The van der Waals surface area contributed by atoms with Gasteiger partial charge in [-0.25, -0.2) is 18.2 Å². The van der Waals surface area contributed by atoms with Crippen molar-refractivity contribution in [2.24, 2.45) is 0 Å². The van der Waals surface area contributed by atoms with Crippen LogP contribution >= 0.6 is 0 Å². The zero-order valence-corrected chi connectivity index (χ0v) is 13.6. The second-order valence-electron chi connectivity index (χ2n) is 6.12. The molecular weight excluding hydrogens is 353 g/mol. The van der Waals surface area contributed by atoms with Crippen molar-refractivity contribution in [3.63, 3.8) is 0 Å². The molecule has 1 aliphatic rings. The zero-order valence-electron chi connectivity index (χ0n) is 13.6. The van der Waals surface area contributed by atoms with Crippen LogP contribution in [-0.2, 0) is 6.54 Å². The van der Waals surface area contributed by atoms with Crippen LogP contribution in [0.25, 0.3) is 0 Å². The number of piperidine rings is 1. The van der Waals surface area contributed by atoms with E-state index in [0.717, 1.165) is 23.0 Å². The number of aromatic nitrogens is 2. The average Bonchev–Trinajstić information content (AvgIpc) is 2.59. The van der Waals surface area contributed by atoms with Crippen molar-refractivity contribution >= 4 is 5.69 Å². The maximum atomic E-state index is 14.0. The third-order valence-corrected chi connectivity index (χ3v) is 4.24. The largest absolute Gasteiger partial charge is 0.437 e. The first-order chi connectivity index (χ1) is 12.2. The second-order valence-corrected chi connectivity index (χ2v) is 6.12. The first kappa shape index (κ1) is 18.2. The van der Waals surface area contributed by atoms with Gasteiger partial charge in [-0.05, 0) is 37.2 Å². The normalized spacial score (nSPS) is 22.2. The van der Waals surface area contributed by atoms with Crippen LogP contribution in [0.4, 0.5) is 18.9 Å². The Morgan fingerprint density at radius 1 is 1.35 bits per heavy atom. The molecule has 0 unspecified atom stereocenters. The van der Waals surface area contributed by atoms with Gasteiger partial charge in [-0.3, -0.25) is 9.36 Å². The molecule has 4 N–H and O–H groups in total. The monoisotopic (exact) mass is 370 g/mol. The number of nitrogens with one attached hydrogen (secondary N) is 1. The summed E-state index contributed by atoms with van der Waals surface area (Å²) in [6.07, 6.45) is 0.744. The fraction of sp³-hybridized carbons (Fsp3) is 0.375. The number of benzene rings is 1. The van der Waals surface area contributed by atoms with Gasteiger partial charge in [0.2, 0.25) is 5.88 Å². The van der Waals surface area contributed by atoms with Crippen LogP contribution in [0.2, 0.25) is 0 Å². The van der Waals surface area contributed by atoms with Gasteiger partial charge >= 0.3 is 0 Å². The molecule has 26 heavy (non-hydrogen) atoms. The lowest BCUT2D eigenvalue weighted by Crippen LogP contribution is -2.61. The molecule has 3 rings (SSSR count). The number of alkyl halides is 2. The second kappa shape index (κ2) is 6.61. The van der Waals surface area contributed by atoms with Gasteiger partial charge in [0.1, 0.15) is 23.5 Å². The molecule has 1 saturated heterocycles. The summed E-state index contributed by atoms with van der Waals surface area (Å²) in [5, 5.41) is 12.8. The summed E-state index contributed by atoms with van der Waals surface area (Å²) in [4.78, 5) is 16.2. The molecule has 140 valence electrons. The fourth-order valence-electron chi connectivity index (χ4n) is 2.66. The topological polar surface area (TPSA) is 102 Å². The molecule has 0 spiro atoms. The number of nitrogens with zero attached hydrogens (tertiary/aromatic N) is 2. The Hall–Kier alpha value is -2.59. The minimum atomic E-state index is -3.41. The highest BCUT2D eigenvalue weighted by Crippen LogP contribution is 2.35. The Morgan fingerprint density at radius 2 is 2.04 bits per heavy atom. The molecule has 0 saturated carbocycles. The molecule has 2 aromatic rings. The molecule has 1 aromatic heterocycles. The van der Waals surface area contributed by atoms with Gasteiger partial charge in [0, 0.05) is 0 Å². The van der Waals surface area contributed by atoms with E-state index in [1.807, 2.05) is 0 Å². The molecule has 0 amide bonds. The van der Waals surface area contributed by atoms with Gasteiger partial charge in [-0.1, -0.05) is 0 Å². The van der Waals surface area contributed by atoms with Crippen molar-refractivity contribution in [2.75, 3.05) is 18.8 Å². The first-order valence-corrected chi connectivity index (χ1v) is 7.81. The van der Waals surface area contributed by atoms with E-state index in [9.17, 15) is 23.1 Å². The maximum absolute atomic E-state index is 14.0. The van der Waals surface area contributed by atoms with Crippen LogP contribution < -0.4 is 21.3 Å². The SMILES string of the molecule is Nc1c(Oc2ccc(F)cc2)ncn(C[C@@]2(O)CCNCC2(F)F)c1=O. The van der Waals surface area contributed by atoms with E-state index < -0.39 is 41.7 Å². The smallest absolute Gasteiger partial charge is 0.290 e. The lowest BCUT2D eigenvalue weighted by molar-refractivity contribution is -0.200. The van der Waals surface area contributed by atoms with E-state index >= 15 is 0 Å². The molecule has 0 radical (unpaired) electrons. The minimum Gasteiger partial charge on any atom is -0.437 e. The van der Waals surface area contributed by atoms with Gasteiger partial charge in [0.25, 0.3) is 11.5 Å². The van der Waals surface area contributed by atoms with Gasteiger partial charge in [0.05, 0.1) is 13.1 Å². The molecule has 0 aliphatic carbocycles. The van der Waals surface area contributed by atoms with Crippen molar-refractivity contribution < 1.29 is 23.0 Å². The van der Waals surface area contributed by atoms with Crippen LogP contribution in [0.5, 0.6) is 11.6 Å². The zero-order chi connectivity index (χ0) is 18.9. The third-order valence-electron chi connectivity index (χ3n) is 4.24. The number of nitrogens with two attached hydrogens (primary N) is 1. The number of nitrogen functional groups attached to an aromatic ring is 1. The van der Waals surface area contributed by atoms with E-state index in [-0.39, 0.29) is 24.6 Å². The first-order valence-electron chi connectivity index (χ1n) is 7.81. The van der Waals surface area contributed by atoms with Crippen molar-refractivity contribution in [1.29, 1.82) is 0 Å². The highest BCUT2D eigenvalue weighted by atomic mass is 19.3. The standard InChI is InChI=1S/C16H17F3N4O3/c17-10-1-3-11(4-2-10)26-13-12(20)14(24)23(9-22-13)8-15(25)5-6-21-7-16(15,18)19/h1-4,9,21,25H,5-8,20H2/t15-/m0/s1. The summed E-state index contributed by atoms with van der Waals surface area (Å²) in [6, 6.07) is 4.95. The maximum Gasteiger partial charge on any atom is 0.290 e. The number of ether oxygens (including phenoxy) is 1. The van der Waals surface area contributed by atoms with Crippen molar-refractivity contribution in [2.45, 2.75) is 24.5 Å². The summed E-state index contributed by atoms with van der Waals surface area (Å²) >= 11 is 0. The van der Waals surface area contributed by atoms with Crippen molar-refractivity contribution in [3.05, 3.63) is 46.8 Å². The lowest BCUT2D eigenvalue weighted by Gasteiger charge is -2.40. The van der Waals surface area contributed by atoms with E-state index in [4.69, 9.17) is 10.5 Å². The van der Waals surface area contributed by atoms with Crippen molar-refractivity contribution in [3.8, 4) is 11.6 Å². The Morgan fingerprint density at radius 3 is 2.69 bits per heavy atom. The Labute approximate surface area is 146 Å². The predicted octanol–water partition coefficient (Wildman–Crippen LogP) is 1.12. The number of hydrogen-bond acceptors (Lipinski definition) is 6. The van der Waals surface area contributed by atoms with E-state index in [0.29, 0.717) is 0 Å². The molecule has 1 aliphatic heterocycles. The predicted molar refractivity (Wildman–Crippen MR) is 86.8 cm³/mol. The van der Waals surface area contributed by atoms with Crippen LogP contribution in [-0.4, -0.2) is 39.3 Å². The number of halogens is 3. The summed E-state index contributed by atoms with van der Waals surface area (Å²) in [5.74, 6) is -3.92. The molecule has 1 aromatic carbocycles. The van der Waals surface area contributed by atoms with E-state index in [1.165, 1.54) is 12.1 Å². The summed E-state index contributed by atoms with van der Waals surface area (Å²) < 4.78 is 47.1. The molecule has 2 heterocycles. The van der Waals surface area contributed by atoms with E-state index in [1.54, 1.807) is 0 Å². The molecule has 0 bridgehead atoms. The van der Waals surface area contributed by atoms with Gasteiger partial charge < -0.3 is 20.9 Å². The number of anilines is 1. The lowest BCUT2D eigenvalue weighted by atomic mass is 9.88. The highest BCUT2D eigenvalue weighted by Gasteiger charge is 2.54. The molecule has 10 heteroatoms. The molecule has 7 nitrogen and oxygen atoms in total. The molecule has 1 fully saturated rings. The van der Waals surface area contributed by atoms with Crippen LogP contribution in [0.3, 0.4) is 0 Å². The Bertz CT molecular complexity index is 857. The quantitative estimate of drug-likeness (QED) is 0.745. The number of aliphatic hydroxyl groups is 1. The van der Waals surface area contributed by atoms with Crippen LogP contribution in [0, 0.1) is 5.82 Å². The van der Waals surface area contributed by atoms with E-state index in [2.05, 4.69) is 10.3 Å². The number of rotatable bonds is 4. The minimum absolute atomic E-state index is 0.190. The summed E-state index contributed by atoms with van der Waals surface area (Å²) in [6.45, 7) is -1.16. The number of hydrogen-bond donors (Lipinski definition) is 3. The summed E-state index contributed by atoms with van der Waals surface area (Å²) in [7, 11) is 0. The van der Waals surface area contributed by atoms with Crippen LogP contribution in [0.1, 0.15) is 6.42 Å². The summed E-state index contributed by atoms with van der Waals surface area (Å²) in [5.41, 5.74) is 2.08. The average molecular weight is 370 g/mol. The highest BCUT2D eigenvalue weighted by molar-refractivity contribution is 5.47. The molecular formula is C16H17F3N4O3. The Balaban J connectivity index is 1.85. The van der Waals surface area contributed by atoms with Gasteiger partial charge in [-0.2, -0.15) is 0 Å². The van der Waals surface area contributed by atoms with Gasteiger partial charge in [-0.15, -0.1) is 0 Å². The fourth-order valence-corrected chi connectivity index (χ4v) is 2.66. The van der Waals surface area contributed by atoms with Crippen LogP contribution in [0.15, 0.2) is 35.4 Å². The molecule has 1 atom stereocenters. The van der Waals surface area contributed by atoms with Crippen molar-refractivity contribution in [1.82, 2.24) is 14.9 Å². The third kappa shape index (κ3) is 3.37. The Kier molecular flexibility index (Phi) is 4.63.